The van der Waals surface area contributed by atoms with Gasteiger partial charge in [-0.3, -0.25) is 0 Å². The highest BCUT2D eigenvalue weighted by atomic mass is 14.9. The van der Waals surface area contributed by atoms with Crippen molar-refractivity contribution in [1.82, 2.24) is 5.32 Å². The first kappa shape index (κ1) is 17.0. The molecule has 0 bridgehead atoms. The lowest BCUT2D eigenvalue weighted by atomic mass is 9.97. The number of hydrogen-bond donors (Lipinski definition) is 1. The van der Waals surface area contributed by atoms with E-state index >= 15 is 0 Å². The maximum absolute atomic E-state index is 3.71. The van der Waals surface area contributed by atoms with Crippen LogP contribution in [-0.4, -0.2) is 13.1 Å². The second-order valence-electron chi connectivity index (χ2n) is 5.49. The van der Waals surface area contributed by atoms with Crippen LogP contribution in [0.25, 0.3) is 0 Å². The Hall–Kier alpha value is -0.0400. The summed E-state index contributed by atoms with van der Waals surface area (Å²) in [7, 11) is 0. The minimum Gasteiger partial charge on any atom is -0.316 e. The topological polar surface area (TPSA) is 12.0 Å². The lowest BCUT2D eigenvalue weighted by Crippen LogP contribution is -2.28. The van der Waals surface area contributed by atoms with Gasteiger partial charge in [-0.15, -0.1) is 0 Å². The summed E-state index contributed by atoms with van der Waals surface area (Å²) in [5.41, 5.74) is 0. The van der Waals surface area contributed by atoms with E-state index in [-0.39, 0.29) is 0 Å². The summed E-state index contributed by atoms with van der Waals surface area (Å²) in [4.78, 5) is 0. The molecule has 0 aromatic rings. The molecule has 0 aromatic carbocycles. The third-order valence-electron chi connectivity index (χ3n) is 3.95. The fraction of sp³-hybridized carbons (Fsp3) is 1.00. The Kier molecular flexibility index (Phi) is 12.4. The number of unbranched alkanes of at least 4 members (excludes halogenated alkanes) is 2. The van der Waals surface area contributed by atoms with E-state index < -0.39 is 0 Å². The molecule has 0 heterocycles. The van der Waals surface area contributed by atoms with E-state index in [4.69, 9.17) is 0 Å². The lowest BCUT2D eigenvalue weighted by Gasteiger charge is -2.19. The summed E-state index contributed by atoms with van der Waals surface area (Å²) in [6.45, 7) is 11.7. The van der Waals surface area contributed by atoms with Crippen LogP contribution in [0.3, 0.4) is 0 Å². The number of nitrogens with one attached hydrogen (secondary N) is 1. The van der Waals surface area contributed by atoms with Crippen LogP contribution in [0.1, 0.15) is 79.1 Å². The average Bonchev–Trinajstić information content (AvgIpc) is 2.37. The van der Waals surface area contributed by atoms with E-state index in [2.05, 4.69) is 33.0 Å². The molecule has 0 unspecified atom stereocenters. The minimum atomic E-state index is 0.902. The van der Waals surface area contributed by atoms with Crippen LogP contribution in [0.5, 0.6) is 0 Å². The Morgan fingerprint density at radius 2 is 1.12 bits per heavy atom. The second-order valence-corrected chi connectivity index (χ2v) is 5.49. The smallest absolute Gasteiger partial charge is 0.00205 e. The quantitative estimate of drug-likeness (QED) is 0.506. The molecule has 0 rings (SSSR count). The van der Waals surface area contributed by atoms with Gasteiger partial charge in [-0.2, -0.15) is 0 Å². The van der Waals surface area contributed by atoms with Gasteiger partial charge in [-0.1, -0.05) is 66.2 Å². The third-order valence-corrected chi connectivity index (χ3v) is 3.95. The van der Waals surface area contributed by atoms with Crippen LogP contribution in [0, 0.1) is 11.8 Å². The SMILES string of the molecule is CCCC[C@@H](CC)CNC[C@H](CC)CCCC. The molecule has 1 N–H and O–H groups in total. The van der Waals surface area contributed by atoms with Gasteiger partial charge < -0.3 is 5.32 Å². The van der Waals surface area contributed by atoms with Gasteiger partial charge in [0.05, 0.1) is 0 Å². The molecule has 1 heteroatoms. The van der Waals surface area contributed by atoms with Crippen molar-refractivity contribution in [2.45, 2.75) is 79.1 Å². The molecule has 0 aromatic heterocycles. The Morgan fingerprint density at radius 1 is 0.706 bits per heavy atom. The fourth-order valence-electron chi connectivity index (χ4n) is 2.38. The van der Waals surface area contributed by atoms with E-state index in [0.29, 0.717) is 0 Å². The van der Waals surface area contributed by atoms with Crippen molar-refractivity contribution in [1.29, 1.82) is 0 Å². The first-order valence-corrected chi connectivity index (χ1v) is 7.99. The number of hydrogen-bond acceptors (Lipinski definition) is 1. The van der Waals surface area contributed by atoms with Crippen LogP contribution in [0.4, 0.5) is 0 Å². The van der Waals surface area contributed by atoms with E-state index in [9.17, 15) is 0 Å². The zero-order valence-electron chi connectivity index (χ0n) is 12.7. The van der Waals surface area contributed by atoms with Crippen LogP contribution in [0.15, 0.2) is 0 Å². The Morgan fingerprint density at radius 3 is 1.41 bits per heavy atom. The first-order chi connectivity index (χ1) is 8.28. The maximum atomic E-state index is 3.71. The van der Waals surface area contributed by atoms with E-state index in [1.807, 2.05) is 0 Å². The van der Waals surface area contributed by atoms with Gasteiger partial charge in [0, 0.05) is 0 Å². The predicted octanol–water partition coefficient (Wildman–Crippen LogP) is 5.01. The van der Waals surface area contributed by atoms with Crippen LogP contribution in [0.2, 0.25) is 0 Å². The van der Waals surface area contributed by atoms with Gasteiger partial charge in [0.1, 0.15) is 0 Å². The maximum Gasteiger partial charge on any atom is -0.00205 e. The molecule has 0 aliphatic heterocycles. The zero-order valence-corrected chi connectivity index (χ0v) is 12.7. The minimum absolute atomic E-state index is 0.902. The van der Waals surface area contributed by atoms with Crippen molar-refractivity contribution in [2.24, 2.45) is 11.8 Å². The first-order valence-electron chi connectivity index (χ1n) is 7.99. The molecule has 0 amide bonds. The standard InChI is InChI=1S/C16H35N/c1-5-9-11-15(7-3)13-17-14-16(8-4)12-10-6-2/h15-17H,5-14H2,1-4H3/t15-,16-/m1/s1. The van der Waals surface area contributed by atoms with Crippen molar-refractivity contribution in [3.05, 3.63) is 0 Å². The fourth-order valence-corrected chi connectivity index (χ4v) is 2.38. The summed E-state index contributed by atoms with van der Waals surface area (Å²) < 4.78 is 0. The zero-order chi connectivity index (χ0) is 12.9. The van der Waals surface area contributed by atoms with E-state index in [0.717, 1.165) is 11.8 Å². The van der Waals surface area contributed by atoms with E-state index in [1.54, 1.807) is 0 Å². The summed E-state index contributed by atoms with van der Waals surface area (Å²) in [6.07, 6.45) is 10.9. The van der Waals surface area contributed by atoms with Crippen LogP contribution >= 0.6 is 0 Å². The molecule has 0 radical (unpaired) electrons. The number of rotatable bonds is 12. The summed E-state index contributed by atoms with van der Waals surface area (Å²) in [6, 6.07) is 0. The monoisotopic (exact) mass is 241 g/mol. The predicted molar refractivity (Wildman–Crippen MR) is 79.5 cm³/mol. The van der Waals surface area contributed by atoms with Gasteiger partial charge in [0.2, 0.25) is 0 Å². The highest BCUT2D eigenvalue weighted by molar-refractivity contribution is 4.65. The molecular weight excluding hydrogens is 206 g/mol. The average molecular weight is 241 g/mol. The molecule has 104 valence electrons. The van der Waals surface area contributed by atoms with Crippen molar-refractivity contribution >= 4 is 0 Å². The molecule has 0 spiro atoms. The third kappa shape index (κ3) is 9.64. The molecule has 2 atom stereocenters. The van der Waals surface area contributed by atoms with Crippen molar-refractivity contribution in [3.63, 3.8) is 0 Å². The molecule has 0 saturated carbocycles. The highest BCUT2D eigenvalue weighted by Crippen LogP contribution is 2.13. The normalized spacial score (nSPS) is 14.8. The largest absolute Gasteiger partial charge is 0.316 e. The van der Waals surface area contributed by atoms with Gasteiger partial charge in [-0.05, 0) is 37.8 Å². The van der Waals surface area contributed by atoms with Gasteiger partial charge in [0.15, 0.2) is 0 Å². The van der Waals surface area contributed by atoms with Crippen molar-refractivity contribution in [2.75, 3.05) is 13.1 Å². The van der Waals surface area contributed by atoms with Crippen molar-refractivity contribution < 1.29 is 0 Å². The summed E-state index contributed by atoms with van der Waals surface area (Å²) in [5, 5.41) is 3.71. The molecule has 0 fully saturated rings. The van der Waals surface area contributed by atoms with Crippen LogP contribution in [-0.2, 0) is 0 Å². The highest BCUT2D eigenvalue weighted by Gasteiger charge is 2.08. The van der Waals surface area contributed by atoms with Crippen LogP contribution < -0.4 is 5.32 Å². The molecule has 0 aliphatic rings. The molecular formula is C16H35N. The second kappa shape index (κ2) is 12.4. The Bertz CT molecular complexity index is 128. The molecule has 1 nitrogen and oxygen atoms in total. The molecule has 0 saturated heterocycles. The summed E-state index contributed by atoms with van der Waals surface area (Å²) in [5.74, 6) is 1.80. The summed E-state index contributed by atoms with van der Waals surface area (Å²) >= 11 is 0. The van der Waals surface area contributed by atoms with E-state index in [1.165, 1.54) is 64.5 Å². The van der Waals surface area contributed by atoms with Gasteiger partial charge in [0.25, 0.3) is 0 Å². The van der Waals surface area contributed by atoms with Crippen molar-refractivity contribution in [3.8, 4) is 0 Å². The molecule has 0 aliphatic carbocycles. The lowest BCUT2D eigenvalue weighted by molar-refractivity contribution is 0.372. The van der Waals surface area contributed by atoms with Gasteiger partial charge in [-0.25, -0.2) is 0 Å². The van der Waals surface area contributed by atoms with Gasteiger partial charge >= 0.3 is 0 Å². The Balaban J connectivity index is 3.61. The molecule has 17 heavy (non-hydrogen) atoms. The Labute approximate surface area is 110 Å².